The molecule has 2 N–H and O–H groups in total. The normalized spacial score (nSPS) is 19.0. The van der Waals surface area contributed by atoms with Gasteiger partial charge < -0.3 is 0 Å². The third-order valence-corrected chi connectivity index (χ3v) is 4.78. The summed E-state index contributed by atoms with van der Waals surface area (Å²) in [4.78, 5) is 0. The minimum absolute atomic E-state index is 0.0994. The van der Waals surface area contributed by atoms with Crippen LogP contribution < -0.4 is 5.84 Å². The van der Waals surface area contributed by atoms with E-state index in [-0.39, 0.29) is 11.6 Å². The van der Waals surface area contributed by atoms with Crippen molar-refractivity contribution in [3.63, 3.8) is 0 Å². The van der Waals surface area contributed by atoms with Gasteiger partial charge in [-0.05, 0) is 17.7 Å². The second-order valence-corrected chi connectivity index (χ2v) is 6.29. The van der Waals surface area contributed by atoms with Gasteiger partial charge in [-0.1, -0.05) is 12.1 Å². The maximum Gasteiger partial charge on any atom is 0.218 e. The lowest BCUT2D eigenvalue weighted by atomic mass is 10.2. The second-order valence-electron chi connectivity index (χ2n) is 4.32. The van der Waals surface area contributed by atoms with Crippen LogP contribution in [0.5, 0.6) is 0 Å². The lowest BCUT2D eigenvalue weighted by molar-refractivity contribution is 0.192. The van der Waals surface area contributed by atoms with Crippen molar-refractivity contribution in [2.24, 2.45) is 5.84 Å². The molecule has 0 bridgehead atoms. The van der Waals surface area contributed by atoms with Crippen molar-refractivity contribution in [1.82, 2.24) is 9.31 Å². The monoisotopic (exact) mass is 273 g/mol. The van der Waals surface area contributed by atoms with Crippen LogP contribution in [-0.4, -0.2) is 43.9 Å². The molecule has 0 saturated carbocycles. The van der Waals surface area contributed by atoms with Crippen LogP contribution in [0.15, 0.2) is 24.3 Å². The van der Waals surface area contributed by atoms with Crippen LogP contribution in [0.2, 0.25) is 0 Å². The standard InChI is InChI=1S/C11H16FN3O2S/c12-11-3-1-10(2-4-11)9-18(16,17)15-7-5-14(13)6-8-15/h1-4H,5-9,13H2. The van der Waals surface area contributed by atoms with Gasteiger partial charge in [-0.3, -0.25) is 5.84 Å². The third kappa shape index (κ3) is 3.26. The van der Waals surface area contributed by atoms with Gasteiger partial charge in [0.2, 0.25) is 10.0 Å². The molecule has 0 aromatic heterocycles. The van der Waals surface area contributed by atoms with Crippen LogP contribution in [0.3, 0.4) is 0 Å². The van der Waals surface area contributed by atoms with Crippen LogP contribution in [0.25, 0.3) is 0 Å². The van der Waals surface area contributed by atoms with Crippen molar-refractivity contribution in [3.05, 3.63) is 35.6 Å². The van der Waals surface area contributed by atoms with E-state index in [9.17, 15) is 12.8 Å². The summed E-state index contributed by atoms with van der Waals surface area (Å²) < 4.78 is 38.4. The van der Waals surface area contributed by atoms with Crippen LogP contribution in [0.4, 0.5) is 4.39 Å². The molecule has 1 aliphatic rings. The number of halogens is 1. The molecule has 1 aromatic rings. The molecule has 5 nitrogen and oxygen atoms in total. The van der Waals surface area contributed by atoms with Crippen molar-refractivity contribution >= 4 is 10.0 Å². The molecule has 0 unspecified atom stereocenters. The van der Waals surface area contributed by atoms with E-state index in [4.69, 9.17) is 5.84 Å². The number of hydrogen-bond donors (Lipinski definition) is 1. The fourth-order valence-corrected chi connectivity index (χ4v) is 3.38. The Labute approximate surface area is 106 Å². The Balaban J connectivity index is 2.05. The molecule has 1 aliphatic heterocycles. The van der Waals surface area contributed by atoms with E-state index in [1.807, 2.05) is 0 Å². The van der Waals surface area contributed by atoms with E-state index < -0.39 is 10.0 Å². The van der Waals surface area contributed by atoms with Crippen LogP contribution in [-0.2, 0) is 15.8 Å². The number of hydrazine groups is 1. The molecule has 18 heavy (non-hydrogen) atoms. The zero-order valence-electron chi connectivity index (χ0n) is 9.92. The molecule has 1 heterocycles. The summed E-state index contributed by atoms with van der Waals surface area (Å²) in [5, 5.41) is 1.60. The average molecular weight is 273 g/mol. The minimum atomic E-state index is -3.34. The van der Waals surface area contributed by atoms with Crippen molar-refractivity contribution in [1.29, 1.82) is 0 Å². The van der Waals surface area contributed by atoms with Gasteiger partial charge in [-0.2, -0.15) is 4.31 Å². The van der Waals surface area contributed by atoms with Gasteiger partial charge in [0.1, 0.15) is 5.82 Å². The molecule has 2 rings (SSSR count). The number of rotatable bonds is 3. The first-order valence-corrected chi connectivity index (χ1v) is 7.30. The van der Waals surface area contributed by atoms with Crippen LogP contribution in [0.1, 0.15) is 5.56 Å². The number of nitrogens with two attached hydrogens (primary N) is 1. The highest BCUT2D eigenvalue weighted by atomic mass is 32.2. The molecule has 1 saturated heterocycles. The molecule has 100 valence electrons. The van der Waals surface area contributed by atoms with Crippen LogP contribution in [0, 0.1) is 5.82 Å². The van der Waals surface area contributed by atoms with Gasteiger partial charge in [-0.25, -0.2) is 17.8 Å². The Hall–Kier alpha value is -1.02. The fraction of sp³-hybridized carbons (Fsp3) is 0.455. The van der Waals surface area contributed by atoms with Gasteiger partial charge in [0, 0.05) is 26.2 Å². The van der Waals surface area contributed by atoms with Gasteiger partial charge in [0.15, 0.2) is 0 Å². The van der Waals surface area contributed by atoms with Crippen molar-refractivity contribution in [3.8, 4) is 0 Å². The maximum atomic E-state index is 12.7. The smallest absolute Gasteiger partial charge is 0.218 e. The highest BCUT2D eigenvalue weighted by Crippen LogP contribution is 2.13. The van der Waals surface area contributed by atoms with E-state index >= 15 is 0 Å². The molecular formula is C11H16FN3O2S. The highest BCUT2D eigenvalue weighted by Gasteiger charge is 2.25. The average Bonchev–Trinajstić information content (AvgIpc) is 2.32. The summed E-state index contributed by atoms with van der Waals surface area (Å²) in [7, 11) is -3.34. The number of sulfonamides is 1. The van der Waals surface area contributed by atoms with Gasteiger partial charge >= 0.3 is 0 Å². The maximum absolute atomic E-state index is 12.7. The molecule has 0 aliphatic carbocycles. The molecule has 7 heteroatoms. The number of nitrogens with zero attached hydrogens (tertiary/aromatic N) is 2. The van der Waals surface area contributed by atoms with E-state index in [0.29, 0.717) is 31.7 Å². The molecule has 0 radical (unpaired) electrons. The molecular weight excluding hydrogens is 257 g/mol. The molecule has 0 spiro atoms. The first-order valence-electron chi connectivity index (χ1n) is 5.69. The Morgan fingerprint density at radius 2 is 1.67 bits per heavy atom. The molecule has 0 amide bonds. The molecule has 1 aromatic carbocycles. The topological polar surface area (TPSA) is 66.6 Å². The Bertz CT molecular complexity index is 496. The third-order valence-electron chi connectivity index (χ3n) is 2.93. The molecule has 1 fully saturated rings. The largest absolute Gasteiger partial charge is 0.269 e. The highest BCUT2D eigenvalue weighted by molar-refractivity contribution is 7.88. The predicted molar refractivity (Wildman–Crippen MR) is 66.4 cm³/mol. The van der Waals surface area contributed by atoms with Gasteiger partial charge in [0.05, 0.1) is 5.75 Å². The Morgan fingerprint density at radius 1 is 1.11 bits per heavy atom. The first-order chi connectivity index (χ1) is 8.47. The first kappa shape index (κ1) is 13.4. The zero-order chi connectivity index (χ0) is 13.2. The zero-order valence-corrected chi connectivity index (χ0v) is 10.7. The summed E-state index contributed by atoms with van der Waals surface area (Å²) in [5.41, 5.74) is 0.589. The van der Waals surface area contributed by atoms with E-state index in [2.05, 4.69) is 0 Å². The SMILES string of the molecule is NN1CCN(S(=O)(=O)Cc2ccc(F)cc2)CC1. The summed E-state index contributed by atoms with van der Waals surface area (Å²) in [5.74, 6) is 5.11. The van der Waals surface area contributed by atoms with E-state index in [1.54, 1.807) is 5.01 Å². The van der Waals surface area contributed by atoms with Crippen molar-refractivity contribution < 1.29 is 12.8 Å². The summed E-state index contributed by atoms with van der Waals surface area (Å²) in [6, 6.07) is 5.52. The number of benzene rings is 1. The summed E-state index contributed by atoms with van der Waals surface area (Å²) >= 11 is 0. The van der Waals surface area contributed by atoms with Crippen LogP contribution >= 0.6 is 0 Å². The lowest BCUT2D eigenvalue weighted by Gasteiger charge is -2.31. The van der Waals surface area contributed by atoms with E-state index in [0.717, 1.165) is 0 Å². The summed E-state index contributed by atoms with van der Waals surface area (Å²) in [6.45, 7) is 1.87. The summed E-state index contributed by atoms with van der Waals surface area (Å²) in [6.07, 6.45) is 0. The lowest BCUT2D eigenvalue weighted by Crippen LogP contribution is -2.51. The van der Waals surface area contributed by atoms with Crippen molar-refractivity contribution in [2.45, 2.75) is 5.75 Å². The Morgan fingerprint density at radius 3 is 2.22 bits per heavy atom. The Kier molecular flexibility index (Phi) is 3.96. The molecule has 0 atom stereocenters. The fourth-order valence-electron chi connectivity index (χ4n) is 1.86. The minimum Gasteiger partial charge on any atom is -0.269 e. The van der Waals surface area contributed by atoms with Gasteiger partial charge in [-0.15, -0.1) is 0 Å². The van der Waals surface area contributed by atoms with Gasteiger partial charge in [0.25, 0.3) is 0 Å². The van der Waals surface area contributed by atoms with Crippen molar-refractivity contribution in [2.75, 3.05) is 26.2 Å². The van der Waals surface area contributed by atoms with E-state index in [1.165, 1.54) is 28.6 Å². The predicted octanol–water partition coefficient (Wildman–Crippen LogP) is 0.147. The second kappa shape index (κ2) is 5.31. The number of hydrogen-bond acceptors (Lipinski definition) is 4. The number of piperazine rings is 1. The quantitative estimate of drug-likeness (QED) is 0.796.